The van der Waals surface area contributed by atoms with E-state index < -0.39 is 6.10 Å². The summed E-state index contributed by atoms with van der Waals surface area (Å²) in [5.41, 5.74) is 0.911. The molecule has 1 atom stereocenters. The number of aliphatic hydroxyl groups is 1. The standard InChI is InChI=1S/C19H23NO5/c1-11-9-18(22)25-17-8-7-15(10-16(11)17)24-12(2)19(23)20-13-3-5-14(21)6-4-13/h7-10,12-14,21H,3-6H2,1-2H3,(H,20,23). The van der Waals surface area contributed by atoms with E-state index in [0.717, 1.165) is 36.6 Å². The monoisotopic (exact) mass is 345 g/mol. The Morgan fingerprint density at radius 3 is 2.72 bits per heavy atom. The molecule has 1 amide bonds. The molecule has 2 aromatic rings. The summed E-state index contributed by atoms with van der Waals surface area (Å²) in [6.07, 6.45) is 2.12. The van der Waals surface area contributed by atoms with Crippen molar-refractivity contribution in [2.75, 3.05) is 0 Å². The molecule has 0 spiro atoms. The van der Waals surface area contributed by atoms with Crippen molar-refractivity contribution in [2.24, 2.45) is 0 Å². The van der Waals surface area contributed by atoms with Crippen molar-refractivity contribution in [3.05, 3.63) is 40.2 Å². The van der Waals surface area contributed by atoms with Crippen LogP contribution in [0.25, 0.3) is 11.0 Å². The number of hydrogen-bond acceptors (Lipinski definition) is 5. The number of fused-ring (bicyclic) bond motifs is 1. The molecule has 1 heterocycles. The summed E-state index contributed by atoms with van der Waals surface area (Å²) in [4.78, 5) is 23.7. The van der Waals surface area contributed by atoms with Crippen LogP contribution in [0.3, 0.4) is 0 Å². The van der Waals surface area contributed by atoms with Gasteiger partial charge in [-0.2, -0.15) is 0 Å². The molecule has 0 aliphatic heterocycles. The lowest BCUT2D eigenvalue weighted by molar-refractivity contribution is -0.128. The molecule has 1 saturated carbocycles. The molecule has 1 aliphatic carbocycles. The Morgan fingerprint density at radius 2 is 2.00 bits per heavy atom. The predicted molar refractivity (Wildman–Crippen MR) is 93.7 cm³/mol. The number of nitrogens with one attached hydrogen (secondary N) is 1. The van der Waals surface area contributed by atoms with Gasteiger partial charge in [0.25, 0.3) is 5.91 Å². The molecule has 0 saturated heterocycles. The molecule has 134 valence electrons. The third-order valence-corrected chi connectivity index (χ3v) is 4.65. The SMILES string of the molecule is Cc1cc(=O)oc2ccc(OC(C)C(=O)NC3CCC(O)CC3)cc12. The summed E-state index contributed by atoms with van der Waals surface area (Å²) in [6, 6.07) is 6.65. The summed E-state index contributed by atoms with van der Waals surface area (Å²) in [7, 11) is 0. The molecule has 1 unspecified atom stereocenters. The quantitative estimate of drug-likeness (QED) is 0.830. The minimum atomic E-state index is -0.639. The molecule has 3 rings (SSSR count). The fourth-order valence-corrected chi connectivity index (χ4v) is 3.17. The van der Waals surface area contributed by atoms with Gasteiger partial charge in [-0.05, 0) is 63.3 Å². The van der Waals surface area contributed by atoms with Gasteiger partial charge in [-0.25, -0.2) is 4.79 Å². The third kappa shape index (κ3) is 4.20. The fraction of sp³-hybridized carbons (Fsp3) is 0.474. The van der Waals surface area contributed by atoms with Crippen LogP contribution < -0.4 is 15.7 Å². The highest BCUT2D eigenvalue weighted by atomic mass is 16.5. The van der Waals surface area contributed by atoms with Gasteiger partial charge in [0.2, 0.25) is 0 Å². The topological polar surface area (TPSA) is 88.8 Å². The van der Waals surface area contributed by atoms with Crippen LogP contribution in [0.2, 0.25) is 0 Å². The molecule has 6 nitrogen and oxygen atoms in total. The van der Waals surface area contributed by atoms with Crippen LogP contribution in [0.4, 0.5) is 0 Å². The van der Waals surface area contributed by atoms with Crippen LogP contribution in [-0.4, -0.2) is 29.3 Å². The van der Waals surface area contributed by atoms with Crippen LogP contribution >= 0.6 is 0 Å². The van der Waals surface area contributed by atoms with Gasteiger partial charge >= 0.3 is 5.63 Å². The van der Waals surface area contributed by atoms with Gasteiger partial charge in [-0.1, -0.05) is 0 Å². The molecule has 1 fully saturated rings. The van der Waals surface area contributed by atoms with Crippen LogP contribution in [0.5, 0.6) is 5.75 Å². The lowest BCUT2D eigenvalue weighted by Crippen LogP contribution is -2.44. The maximum absolute atomic E-state index is 12.3. The Hall–Kier alpha value is -2.34. The Bertz CT molecular complexity index is 820. The van der Waals surface area contributed by atoms with Crippen LogP contribution in [0, 0.1) is 6.92 Å². The zero-order chi connectivity index (χ0) is 18.0. The van der Waals surface area contributed by atoms with Crippen molar-refractivity contribution in [1.82, 2.24) is 5.32 Å². The number of ether oxygens (including phenoxy) is 1. The van der Waals surface area contributed by atoms with Crippen molar-refractivity contribution in [2.45, 2.75) is 57.8 Å². The number of rotatable bonds is 4. The second-order valence-corrected chi connectivity index (χ2v) is 6.68. The van der Waals surface area contributed by atoms with E-state index in [2.05, 4.69) is 5.32 Å². The van der Waals surface area contributed by atoms with Gasteiger partial charge in [0, 0.05) is 17.5 Å². The van der Waals surface area contributed by atoms with E-state index >= 15 is 0 Å². The second-order valence-electron chi connectivity index (χ2n) is 6.68. The third-order valence-electron chi connectivity index (χ3n) is 4.65. The van der Waals surface area contributed by atoms with Crippen LogP contribution in [0.15, 0.2) is 33.5 Å². The molecular weight excluding hydrogens is 322 g/mol. The summed E-state index contributed by atoms with van der Waals surface area (Å²) in [6.45, 7) is 3.53. The first-order valence-corrected chi connectivity index (χ1v) is 8.62. The predicted octanol–water partition coefficient (Wildman–Crippen LogP) is 2.29. The Balaban J connectivity index is 1.66. The highest BCUT2D eigenvalue weighted by Crippen LogP contribution is 2.23. The van der Waals surface area contributed by atoms with E-state index in [4.69, 9.17) is 9.15 Å². The van der Waals surface area contributed by atoms with E-state index in [1.165, 1.54) is 6.07 Å². The van der Waals surface area contributed by atoms with E-state index in [1.54, 1.807) is 25.1 Å². The van der Waals surface area contributed by atoms with Crippen molar-refractivity contribution >= 4 is 16.9 Å². The number of hydrogen-bond donors (Lipinski definition) is 2. The van der Waals surface area contributed by atoms with Crippen molar-refractivity contribution in [3.63, 3.8) is 0 Å². The zero-order valence-corrected chi connectivity index (χ0v) is 14.5. The first kappa shape index (κ1) is 17.5. The van der Waals surface area contributed by atoms with E-state index in [-0.39, 0.29) is 23.7 Å². The number of amides is 1. The second kappa shape index (κ2) is 7.27. The molecule has 1 aromatic carbocycles. The number of aryl methyl sites for hydroxylation is 1. The normalized spacial score (nSPS) is 21.7. The summed E-state index contributed by atoms with van der Waals surface area (Å²) in [5.74, 6) is 0.379. The average Bonchev–Trinajstić information content (AvgIpc) is 2.57. The number of benzene rings is 1. The zero-order valence-electron chi connectivity index (χ0n) is 14.5. The maximum atomic E-state index is 12.3. The minimum Gasteiger partial charge on any atom is -0.481 e. The van der Waals surface area contributed by atoms with Gasteiger partial charge in [0.05, 0.1) is 6.10 Å². The number of carbonyl (C=O) groups excluding carboxylic acids is 1. The summed E-state index contributed by atoms with van der Waals surface area (Å²) < 4.78 is 10.9. The van der Waals surface area contributed by atoms with Crippen LogP contribution in [0.1, 0.15) is 38.2 Å². The number of carbonyl (C=O) groups is 1. The number of aliphatic hydroxyl groups excluding tert-OH is 1. The first-order valence-electron chi connectivity index (χ1n) is 8.62. The van der Waals surface area contributed by atoms with Gasteiger partial charge < -0.3 is 19.6 Å². The van der Waals surface area contributed by atoms with Gasteiger partial charge in [0.15, 0.2) is 6.10 Å². The lowest BCUT2D eigenvalue weighted by Gasteiger charge is -2.27. The summed E-state index contributed by atoms with van der Waals surface area (Å²) >= 11 is 0. The van der Waals surface area contributed by atoms with Crippen LogP contribution in [-0.2, 0) is 4.79 Å². The van der Waals surface area contributed by atoms with Crippen molar-refractivity contribution in [1.29, 1.82) is 0 Å². The minimum absolute atomic E-state index is 0.0927. The van der Waals surface area contributed by atoms with E-state index in [1.807, 2.05) is 6.92 Å². The first-order chi connectivity index (χ1) is 11.9. The summed E-state index contributed by atoms with van der Waals surface area (Å²) in [5, 5.41) is 13.3. The smallest absolute Gasteiger partial charge is 0.336 e. The molecule has 0 bridgehead atoms. The molecule has 25 heavy (non-hydrogen) atoms. The highest BCUT2D eigenvalue weighted by Gasteiger charge is 2.23. The van der Waals surface area contributed by atoms with E-state index in [9.17, 15) is 14.7 Å². The Labute approximate surface area is 145 Å². The molecule has 0 radical (unpaired) electrons. The molecule has 6 heteroatoms. The van der Waals surface area contributed by atoms with Gasteiger partial charge in [-0.15, -0.1) is 0 Å². The van der Waals surface area contributed by atoms with E-state index in [0.29, 0.717) is 11.3 Å². The van der Waals surface area contributed by atoms with Gasteiger partial charge in [0.1, 0.15) is 11.3 Å². The fourth-order valence-electron chi connectivity index (χ4n) is 3.17. The average molecular weight is 345 g/mol. The molecular formula is C19H23NO5. The Kier molecular flexibility index (Phi) is 5.08. The highest BCUT2D eigenvalue weighted by molar-refractivity contribution is 5.83. The van der Waals surface area contributed by atoms with Crippen molar-refractivity contribution < 1.29 is 19.1 Å². The molecule has 2 N–H and O–H groups in total. The Morgan fingerprint density at radius 1 is 1.28 bits per heavy atom. The molecule has 1 aromatic heterocycles. The largest absolute Gasteiger partial charge is 0.481 e. The maximum Gasteiger partial charge on any atom is 0.336 e. The lowest BCUT2D eigenvalue weighted by atomic mass is 9.93. The van der Waals surface area contributed by atoms with Gasteiger partial charge in [-0.3, -0.25) is 4.79 Å². The molecule has 1 aliphatic rings. The van der Waals surface area contributed by atoms with Crippen molar-refractivity contribution in [3.8, 4) is 5.75 Å².